The van der Waals surface area contributed by atoms with Crippen LogP contribution in [0.2, 0.25) is 0 Å². The van der Waals surface area contributed by atoms with Gasteiger partial charge < -0.3 is 4.57 Å². The van der Waals surface area contributed by atoms with Crippen LogP contribution in [-0.4, -0.2) is 16.0 Å². The van der Waals surface area contributed by atoms with Crippen LogP contribution in [0.25, 0.3) is 0 Å². The van der Waals surface area contributed by atoms with Gasteiger partial charge in [0.2, 0.25) is 0 Å². The third-order valence-corrected chi connectivity index (χ3v) is 1.45. The molecule has 2 nitrogen and oxygen atoms in total. The summed E-state index contributed by atoms with van der Waals surface area (Å²) in [4.78, 5) is 3.79. The van der Waals surface area contributed by atoms with E-state index in [0.29, 0.717) is 5.69 Å². The molecule has 0 aliphatic carbocycles. The molecule has 0 saturated heterocycles. The predicted octanol–water partition coefficient (Wildman–Crippen LogP) is 1.89. The number of hydrogen-bond donors (Lipinski definition) is 0. The maximum atomic E-state index is 11.8. The molecule has 0 bridgehead atoms. The average Bonchev–Trinajstić information content (AvgIpc) is 2.34. The number of aromatic nitrogens is 2. The zero-order valence-corrected chi connectivity index (χ0v) is 6.43. The standard InChI is InChI=1S/C6H7ClF2N2/c7-1-5-2-11(4-10-5)3-6(8)9/h2,4,6H,1,3H2. The minimum atomic E-state index is -2.34. The van der Waals surface area contributed by atoms with E-state index in [4.69, 9.17) is 11.6 Å². The van der Waals surface area contributed by atoms with Gasteiger partial charge in [-0.2, -0.15) is 0 Å². The van der Waals surface area contributed by atoms with Crippen LogP contribution in [0.5, 0.6) is 0 Å². The Kier molecular flexibility index (Phi) is 2.82. The average molecular weight is 181 g/mol. The third-order valence-electron chi connectivity index (χ3n) is 1.17. The number of nitrogens with zero attached hydrogens (tertiary/aromatic N) is 2. The van der Waals surface area contributed by atoms with Crippen molar-refractivity contribution < 1.29 is 8.78 Å². The highest BCUT2D eigenvalue weighted by Crippen LogP contribution is 2.03. The summed E-state index contributed by atoms with van der Waals surface area (Å²) in [5.41, 5.74) is 0.618. The van der Waals surface area contributed by atoms with Gasteiger partial charge in [-0.3, -0.25) is 0 Å². The molecule has 0 aliphatic heterocycles. The van der Waals surface area contributed by atoms with Gasteiger partial charge in [0, 0.05) is 6.20 Å². The highest BCUT2D eigenvalue weighted by atomic mass is 35.5. The van der Waals surface area contributed by atoms with Gasteiger partial charge in [-0.25, -0.2) is 13.8 Å². The second-order valence-electron chi connectivity index (χ2n) is 2.09. The number of imidazole rings is 1. The molecule has 0 atom stereocenters. The van der Waals surface area contributed by atoms with Crippen LogP contribution < -0.4 is 0 Å². The van der Waals surface area contributed by atoms with Gasteiger partial charge in [0.25, 0.3) is 6.43 Å². The van der Waals surface area contributed by atoms with Gasteiger partial charge in [-0.15, -0.1) is 11.6 Å². The second-order valence-corrected chi connectivity index (χ2v) is 2.35. The Balaban J connectivity index is 2.58. The summed E-state index contributed by atoms with van der Waals surface area (Å²) in [7, 11) is 0. The first-order chi connectivity index (χ1) is 5.22. The van der Waals surface area contributed by atoms with E-state index in [1.165, 1.54) is 17.1 Å². The highest BCUT2D eigenvalue weighted by molar-refractivity contribution is 6.16. The lowest BCUT2D eigenvalue weighted by Crippen LogP contribution is -2.03. The zero-order chi connectivity index (χ0) is 8.27. The first kappa shape index (κ1) is 8.46. The van der Waals surface area contributed by atoms with Crippen molar-refractivity contribution in [1.29, 1.82) is 0 Å². The SMILES string of the molecule is FC(F)Cn1cnc(CCl)c1. The third kappa shape index (κ3) is 2.46. The number of hydrogen-bond acceptors (Lipinski definition) is 1. The summed E-state index contributed by atoms with van der Waals surface area (Å²) < 4.78 is 24.8. The van der Waals surface area contributed by atoms with Crippen LogP contribution in [-0.2, 0) is 12.4 Å². The van der Waals surface area contributed by atoms with Crippen LogP contribution in [0.15, 0.2) is 12.5 Å². The Labute approximate surface area is 67.8 Å². The fraction of sp³-hybridized carbons (Fsp3) is 0.500. The minimum absolute atomic E-state index is 0.260. The largest absolute Gasteiger partial charge is 0.331 e. The maximum Gasteiger partial charge on any atom is 0.256 e. The Hall–Kier alpha value is -0.640. The molecule has 0 aliphatic rings. The van der Waals surface area contributed by atoms with E-state index >= 15 is 0 Å². The Morgan fingerprint density at radius 1 is 1.64 bits per heavy atom. The zero-order valence-electron chi connectivity index (χ0n) is 5.67. The second kappa shape index (κ2) is 3.67. The minimum Gasteiger partial charge on any atom is -0.331 e. The number of halogens is 3. The van der Waals surface area contributed by atoms with E-state index in [-0.39, 0.29) is 12.4 Å². The molecule has 0 unspecified atom stereocenters. The quantitative estimate of drug-likeness (QED) is 0.650. The Morgan fingerprint density at radius 3 is 2.82 bits per heavy atom. The molecule has 0 saturated carbocycles. The normalized spacial score (nSPS) is 10.9. The summed E-state index contributed by atoms with van der Waals surface area (Å²) in [6.07, 6.45) is 0.524. The predicted molar refractivity (Wildman–Crippen MR) is 37.8 cm³/mol. The lowest BCUT2D eigenvalue weighted by Gasteiger charge is -1.97. The van der Waals surface area contributed by atoms with E-state index in [9.17, 15) is 8.78 Å². The molecule has 0 fully saturated rings. The van der Waals surface area contributed by atoms with Gasteiger partial charge in [0.05, 0.1) is 24.4 Å². The van der Waals surface area contributed by atoms with E-state index in [1.54, 1.807) is 0 Å². The fourth-order valence-corrected chi connectivity index (χ4v) is 0.873. The Bertz CT molecular complexity index is 224. The first-order valence-corrected chi connectivity index (χ1v) is 3.60. The van der Waals surface area contributed by atoms with Crippen molar-refractivity contribution in [3.05, 3.63) is 18.2 Å². The van der Waals surface area contributed by atoms with E-state index in [1.807, 2.05) is 0 Å². The van der Waals surface area contributed by atoms with Crippen molar-refractivity contribution in [3.63, 3.8) is 0 Å². The molecular formula is C6H7ClF2N2. The molecule has 1 aromatic rings. The summed E-state index contributed by atoms with van der Waals surface area (Å²) in [6.45, 7) is -0.316. The van der Waals surface area contributed by atoms with Gasteiger partial charge in [0.1, 0.15) is 0 Å². The van der Waals surface area contributed by atoms with Crippen LogP contribution in [0.4, 0.5) is 8.78 Å². The fourth-order valence-electron chi connectivity index (χ4n) is 0.735. The van der Waals surface area contributed by atoms with Crippen LogP contribution in [0.3, 0.4) is 0 Å². The van der Waals surface area contributed by atoms with E-state index in [0.717, 1.165) is 0 Å². The van der Waals surface area contributed by atoms with Crippen molar-refractivity contribution in [1.82, 2.24) is 9.55 Å². The molecule has 0 aromatic carbocycles. The topological polar surface area (TPSA) is 17.8 Å². The summed E-state index contributed by atoms with van der Waals surface area (Å²) >= 11 is 5.41. The monoisotopic (exact) mass is 180 g/mol. The first-order valence-electron chi connectivity index (χ1n) is 3.07. The van der Waals surface area contributed by atoms with Crippen molar-refractivity contribution in [2.45, 2.75) is 18.9 Å². The van der Waals surface area contributed by atoms with Gasteiger partial charge in [-0.05, 0) is 0 Å². The van der Waals surface area contributed by atoms with Gasteiger partial charge >= 0.3 is 0 Å². The van der Waals surface area contributed by atoms with Crippen molar-refractivity contribution in [3.8, 4) is 0 Å². The molecule has 62 valence electrons. The molecule has 0 N–H and O–H groups in total. The smallest absolute Gasteiger partial charge is 0.256 e. The Morgan fingerprint density at radius 2 is 2.36 bits per heavy atom. The molecule has 1 aromatic heterocycles. The van der Waals surface area contributed by atoms with Crippen LogP contribution in [0.1, 0.15) is 5.69 Å². The van der Waals surface area contributed by atoms with Crippen molar-refractivity contribution in [2.75, 3.05) is 0 Å². The lowest BCUT2D eigenvalue weighted by molar-refractivity contribution is 0.126. The number of alkyl halides is 3. The molecule has 11 heavy (non-hydrogen) atoms. The molecule has 5 heteroatoms. The molecule has 0 radical (unpaired) electrons. The molecular weight excluding hydrogens is 174 g/mol. The van der Waals surface area contributed by atoms with Crippen molar-refractivity contribution in [2.24, 2.45) is 0 Å². The van der Waals surface area contributed by atoms with Crippen LogP contribution >= 0.6 is 11.6 Å². The van der Waals surface area contributed by atoms with Gasteiger partial charge in [-0.1, -0.05) is 0 Å². The summed E-state index contributed by atoms with van der Waals surface area (Å²) in [6, 6.07) is 0. The molecule has 1 heterocycles. The van der Waals surface area contributed by atoms with E-state index in [2.05, 4.69) is 4.98 Å². The highest BCUT2D eigenvalue weighted by Gasteiger charge is 2.03. The van der Waals surface area contributed by atoms with E-state index < -0.39 is 6.43 Å². The van der Waals surface area contributed by atoms with Gasteiger partial charge in [0.15, 0.2) is 0 Å². The van der Waals surface area contributed by atoms with Crippen LogP contribution in [0, 0.1) is 0 Å². The molecule has 0 amide bonds. The lowest BCUT2D eigenvalue weighted by atomic mass is 10.5. The number of rotatable bonds is 3. The molecule has 1 rings (SSSR count). The maximum absolute atomic E-state index is 11.8. The molecule has 0 spiro atoms. The summed E-state index contributed by atoms with van der Waals surface area (Å²) in [5.74, 6) is 0.260. The summed E-state index contributed by atoms with van der Waals surface area (Å²) in [5, 5.41) is 0. The van der Waals surface area contributed by atoms with Crippen molar-refractivity contribution >= 4 is 11.6 Å².